The van der Waals surface area contributed by atoms with Crippen molar-refractivity contribution in [2.24, 2.45) is 5.92 Å². The summed E-state index contributed by atoms with van der Waals surface area (Å²) in [6.45, 7) is 0.467. The first-order chi connectivity index (χ1) is 10.7. The van der Waals surface area contributed by atoms with Crippen LogP contribution in [0.2, 0.25) is 0 Å². The molecular weight excluding hydrogens is 298 g/mol. The molecule has 4 nitrogen and oxygen atoms in total. The third-order valence-electron chi connectivity index (χ3n) is 3.71. The zero-order chi connectivity index (χ0) is 15.4. The molecule has 2 aromatic rings. The summed E-state index contributed by atoms with van der Waals surface area (Å²) in [5.74, 6) is 0.391. The number of carbonyl (C=O) groups excluding carboxylic acids is 2. The van der Waals surface area contributed by atoms with Crippen LogP contribution in [0.3, 0.4) is 0 Å². The van der Waals surface area contributed by atoms with Crippen LogP contribution in [-0.4, -0.2) is 11.7 Å². The van der Waals surface area contributed by atoms with Crippen LogP contribution in [-0.2, 0) is 11.3 Å². The van der Waals surface area contributed by atoms with Crippen LogP contribution in [0.5, 0.6) is 0 Å². The van der Waals surface area contributed by atoms with Gasteiger partial charge in [0, 0.05) is 10.8 Å². The Kier molecular flexibility index (Phi) is 4.53. The summed E-state index contributed by atoms with van der Waals surface area (Å²) in [6.07, 6.45) is 8.38. The first kappa shape index (κ1) is 14.8. The number of rotatable bonds is 5. The third-order valence-corrected chi connectivity index (χ3v) is 4.79. The van der Waals surface area contributed by atoms with E-state index >= 15 is 0 Å². The monoisotopic (exact) mass is 315 g/mol. The molecule has 1 N–H and O–H groups in total. The van der Waals surface area contributed by atoms with Gasteiger partial charge in [-0.1, -0.05) is 12.2 Å². The van der Waals surface area contributed by atoms with Crippen molar-refractivity contribution in [1.82, 2.24) is 5.32 Å². The molecule has 0 saturated heterocycles. The number of carbonyl (C=O) groups is 2. The molecule has 0 fully saturated rings. The Labute approximate surface area is 132 Å². The predicted octanol–water partition coefficient (Wildman–Crippen LogP) is 3.54. The normalized spacial score (nSPS) is 17.4. The number of thiophene rings is 1. The summed E-state index contributed by atoms with van der Waals surface area (Å²) >= 11 is 1.39. The van der Waals surface area contributed by atoms with E-state index in [2.05, 4.69) is 17.5 Å². The lowest BCUT2D eigenvalue weighted by molar-refractivity contribution is -0.125. The van der Waals surface area contributed by atoms with Crippen molar-refractivity contribution in [2.45, 2.75) is 25.8 Å². The largest absolute Gasteiger partial charge is 0.461 e. The predicted molar refractivity (Wildman–Crippen MR) is 84.8 cm³/mol. The Bertz CT molecular complexity index is 685. The Hall–Kier alpha value is -2.14. The topological polar surface area (TPSA) is 59.3 Å². The fourth-order valence-electron chi connectivity index (χ4n) is 2.47. The molecule has 0 aliphatic heterocycles. The van der Waals surface area contributed by atoms with E-state index in [0.717, 1.165) is 24.1 Å². The second kappa shape index (κ2) is 6.75. The molecule has 0 spiro atoms. The van der Waals surface area contributed by atoms with E-state index in [1.807, 2.05) is 6.07 Å². The lowest BCUT2D eigenvalue weighted by atomic mass is 9.94. The average molecular weight is 315 g/mol. The number of ketones is 1. The van der Waals surface area contributed by atoms with Crippen LogP contribution in [0.1, 0.15) is 39.6 Å². The van der Waals surface area contributed by atoms with Crippen molar-refractivity contribution in [3.8, 4) is 0 Å². The number of allylic oxidation sites excluding steroid dienone is 2. The molecule has 22 heavy (non-hydrogen) atoms. The molecule has 3 rings (SSSR count). The zero-order valence-corrected chi connectivity index (χ0v) is 12.9. The van der Waals surface area contributed by atoms with Gasteiger partial charge in [-0.05, 0) is 43.5 Å². The summed E-state index contributed by atoms with van der Waals surface area (Å²) in [6, 6.07) is 7.00. The minimum Gasteiger partial charge on any atom is -0.461 e. The summed E-state index contributed by atoms with van der Waals surface area (Å²) < 4.78 is 5.12. The first-order valence-corrected chi connectivity index (χ1v) is 8.15. The molecule has 1 aliphatic carbocycles. The quantitative estimate of drug-likeness (QED) is 0.678. The SMILES string of the molecule is O=C(c1ccco1)c1ccc(CNC(=O)[C@H]2CC=CCC2)s1. The Morgan fingerprint density at radius 3 is 2.91 bits per heavy atom. The summed E-state index contributed by atoms with van der Waals surface area (Å²) in [7, 11) is 0. The highest BCUT2D eigenvalue weighted by Crippen LogP contribution is 2.21. The number of hydrogen-bond acceptors (Lipinski definition) is 4. The number of amides is 1. The zero-order valence-electron chi connectivity index (χ0n) is 12.1. The van der Waals surface area contributed by atoms with Gasteiger partial charge in [0.2, 0.25) is 11.7 Å². The van der Waals surface area contributed by atoms with Gasteiger partial charge in [-0.2, -0.15) is 0 Å². The van der Waals surface area contributed by atoms with Gasteiger partial charge in [-0.3, -0.25) is 9.59 Å². The molecule has 1 atom stereocenters. The smallest absolute Gasteiger partial charge is 0.238 e. The van der Waals surface area contributed by atoms with Gasteiger partial charge in [0.1, 0.15) is 0 Å². The minimum absolute atomic E-state index is 0.0779. The third kappa shape index (κ3) is 3.36. The summed E-state index contributed by atoms with van der Waals surface area (Å²) in [4.78, 5) is 25.8. The Morgan fingerprint density at radius 1 is 1.27 bits per heavy atom. The number of nitrogens with one attached hydrogen (secondary N) is 1. The summed E-state index contributed by atoms with van der Waals surface area (Å²) in [5.41, 5.74) is 0. The van der Waals surface area contributed by atoms with Gasteiger partial charge in [0.05, 0.1) is 17.7 Å². The van der Waals surface area contributed by atoms with Crippen LogP contribution >= 0.6 is 11.3 Å². The van der Waals surface area contributed by atoms with Crippen LogP contribution in [0.25, 0.3) is 0 Å². The standard InChI is InChI=1S/C17H17NO3S/c19-16(14-7-4-10-21-14)15-9-8-13(22-15)11-18-17(20)12-5-2-1-3-6-12/h1-2,4,7-10,12H,3,5-6,11H2,(H,18,20)/t12-/m0/s1. The van der Waals surface area contributed by atoms with Crippen LogP contribution in [0.15, 0.2) is 47.1 Å². The fraction of sp³-hybridized carbons (Fsp3) is 0.294. The lowest BCUT2D eigenvalue weighted by Crippen LogP contribution is -2.30. The van der Waals surface area contributed by atoms with Crippen molar-refractivity contribution in [3.05, 3.63) is 58.2 Å². The van der Waals surface area contributed by atoms with E-state index in [1.165, 1.54) is 17.6 Å². The maximum atomic E-state index is 12.1. The molecule has 0 aromatic carbocycles. The van der Waals surface area contributed by atoms with Crippen LogP contribution in [0.4, 0.5) is 0 Å². The van der Waals surface area contributed by atoms with Crippen molar-refractivity contribution in [1.29, 1.82) is 0 Å². The highest BCUT2D eigenvalue weighted by molar-refractivity contribution is 7.14. The van der Waals surface area contributed by atoms with E-state index in [4.69, 9.17) is 4.42 Å². The fourth-order valence-corrected chi connectivity index (χ4v) is 3.37. The van der Waals surface area contributed by atoms with Gasteiger partial charge in [-0.25, -0.2) is 0 Å². The minimum atomic E-state index is -0.120. The van der Waals surface area contributed by atoms with Crippen molar-refractivity contribution < 1.29 is 14.0 Å². The average Bonchev–Trinajstić information content (AvgIpc) is 3.24. The maximum absolute atomic E-state index is 12.1. The van der Waals surface area contributed by atoms with E-state index in [0.29, 0.717) is 17.2 Å². The maximum Gasteiger partial charge on any atom is 0.238 e. The lowest BCUT2D eigenvalue weighted by Gasteiger charge is -2.16. The number of furan rings is 1. The molecular formula is C17H17NO3S. The van der Waals surface area contributed by atoms with Gasteiger partial charge in [0.15, 0.2) is 5.76 Å². The Balaban J connectivity index is 1.57. The Morgan fingerprint density at radius 2 is 2.18 bits per heavy atom. The molecule has 5 heteroatoms. The molecule has 1 amide bonds. The van der Waals surface area contributed by atoms with Gasteiger partial charge < -0.3 is 9.73 Å². The molecule has 0 unspecified atom stereocenters. The number of hydrogen-bond donors (Lipinski definition) is 1. The second-order valence-electron chi connectivity index (χ2n) is 5.27. The van der Waals surface area contributed by atoms with Crippen LogP contribution < -0.4 is 5.32 Å². The highest BCUT2D eigenvalue weighted by atomic mass is 32.1. The van der Waals surface area contributed by atoms with Crippen molar-refractivity contribution in [3.63, 3.8) is 0 Å². The molecule has 0 saturated carbocycles. The van der Waals surface area contributed by atoms with Crippen LogP contribution in [0, 0.1) is 5.92 Å². The van der Waals surface area contributed by atoms with Gasteiger partial charge >= 0.3 is 0 Å². The van der Waals surface area contributed by atoms with Crippen molar-refractivity contribution >= 4 is 23.0 Å². The highest BCUT2D eigenvalue weighted by Gasteiger charge is 2.19. The van der Waals surface area contributed by atoms with Crippen molar-refractivity contribution in [2.75, 3.05) is 0 Å². The first-order valence-electron chi connectivity index (χ1n) is 7.33. The molecule has 2 heterocycles. The van der Waals surface area contributed by atoms with E-state index in [9.17, 15) is 9.59 Å². The van der Waals surface area contributed by atoms with E-state index < -0.39 is 0 Å². The summed E-state index contributed by atoms with van der Waals surface area (Å²) in [5, 5.41) is 2.96. The molecule has 1 aliphatic rings. The van der Waals surface area contributed by atoms with E-state index in [-0.39, 0.29) is 17.6 Å². The second-order valence-corrected chi connectivity index (χ2v) is 6.44. The van der Waals surface area contributed by atoms with Gasteiger partial charge in [0.25, 0.3) is 0 Å². The molecule has 0 radical (unpaired) electrons. The molecule has 0 bridgehead atoms. The molecule has 114 valence electrons. The molecule has 2 aromatic heterocycles. The van der Waals surface area contributed by atoms with E-state index in [1.54, 1.807) is 18.2 Å². The van der Waals surface area contributed by atoms with Gasteiger partial charge in [-0.15, -0.1) is 11.3 Å².